The van der Waals surface area contributed by atoms with Crippen LogP contribution in [0.15, 0.2) is 30.3 Å². The number of benzene rings is 1. The average molecular weight is 253 g/mol. The summed E-state index contributed by atoms with van der Waals surface area (Å²) in [7, 11) is 0. The summed E-state index contributed by atoms with van der Waals surface area (Å²) >= 11 is 0. The number of rotatable bonds is 3. The van der Waals surface area contributed by atoms with Crippen molar-refractivity contribution < 1.29 is 23.9 Å². The standard InChI is InChI=1S/C12H15NO5/c1-3-16-11(14)13(18-12(15)17-4-2)10-8-6-5-7-9-10/h5-9H,3-4H2,1-2H3. The van der Waals surface area contributed by atoms with Gasteiger partial charge in [-0.05, 0) is 26.0 Å². The lowest BCUT2D eigenvalue weighted by Crippen LogP contribution is -2.34. The van der Waals surface area contributed by atoms with Crippen LogP contribution < -0.4 is 5.06 Å². The van der Waals surface area contributed by atoms with Crippen molar-refractivity contribution in [3.05, 3.63) is 30.3 Å². The maximum absolute atomic E-state index is 11.7. The van der Waals surface area contributed by atoms with Crippen LogP contribution in [0.2, 0.25) is 0 Å². The lowest BCUT2D eigenvalue weighted by molar-refractivity contribution is 0.0435. The Morgan fingerprint density at radius 2 is 1.67 bits per heavy atom. The first kappa shape index (κ1) is 13.8. The minimum absolute atomic E-state index is 0.157. The lowest BCUT2D eigenvalue weighted by Gasteiger charge is -2.19. The van der Waals surface area contributed by atoms with Crippen molar-refractivity contribution in [2.24, 2.45) is 0 Å². The molecular formula is C12H15NO5. The second kappa shape index (κ2) is 7.16. The predicted molar refractivity (Wildman–Crippen MR) is 64.1 cm³/mol. The molecule has 6 heteroatoms. The number of hydroxylamine groups is 1. The van der Waals surface area contributed by atoms with E-state index in [1.807, 2.05) is 0 Å². The SMILES string of the molecule is CCOC(=O)ON(C(=O)OCC)c1ccccc1. The zero-order valence-corrected chi connectivity index (χ0v) is 10.3. The summed E-state index contributed by atoms with van der Waals surface area (Å²) in [5, 5.41) is 0.751. The Morgan fingerprint density at radius 1 is 1.06 bits per heavy atom. The fourth-order valence-corrected chi connectivity index (χ4v) is 1.16. The largest absolute Gasteiger partial charge is 0.533 e. The highest BCUT2D eigenvalue weighted by Crippen LogP contribution is 2.15. The van der Waals surface area contributed by atoms with Crippen LogP contribution in [-0.2, 0) is 14.3 Å². The van der Waals surface area contributed by atoms with Crippen molar-refractivity contribution in [3.8, 4) is 0 Å². The molecule has 98 valence electrons. The van der Waals surface area contributed by atoms with Crippen LogP contribution in [0.3, 0.4) is 0 Å². The van der Waals surface area contributed by atoms with E-state index in [0.717, 1.165) is 5.06 Å². The summed E-state index contributed by atoms with van der Waals surface area (Å²) in [5.41, 5.74) is 0.379. The first-order chi connectivity index (χ1) is 8.69. The molecule has 0 spiro atoms. The number of hydrogen-bond donors (Lipinski definition) is 0. The number of hydrogen-bond acceptors (Lipinski definition) is 5. The van der Waals surface area contributed by atoms with Crippen LogP contribution in [0.5, 0.6) is 0 Å². The molecule has 0 saturated carbocycles. The van der Waals surface area contributed by atoms with Gasteiger partial charge in [-0.1, -0.05) is 18.2 Å². The quantitative estimate of drug-likeness (QED) is 0.612. The zero-order chi connectivity index (χ0) is 13.4. The van der Waals surface area contributed by atoms with Gasteiger partial charge in [0.1, 0.15) is 0 Å². The van der Waals surface area contributed by atoms with Gasteiger partial charge in [-0.25, -0.2) is 9.59 Å². The van der Waals surface area contributed by atoms with Crippen molar-refractivity contribution in [1.82, 2.24) is 0 Å². The molecule has 0 radical (unpaired) electrons. The number of anilines is 1. The van der Waals surface area contributed by atoms with Crippen molar-refractivity contribution in [1.29, 1.82) is 0 Å². The molecule has 0 heterocycles. The molecular weight excluding hydrogens is 238 g/mol. The minimum Gasteiger partial charge on any atom is -0.447 e. The van der Waals surface area contributed by atoms with Crippen LogP contribution in [0.1, 0.15) is 13.8 Å². The zero-order valence-electron chi connectivity index (χ0n) is 10.3. The smallest absolute Gasteiger partial charge is 0.447 e. The number of amides is 1. The van der Waals surface area contributed by atoms with Gasteiger partial charge in [-0.15, -0.1) is 5.06 Å². The highest BCUT2D eigenvalue weighted by atomic mass is 16.8. The van der Waals surface area contributed by atoms with E-state index < -0.39 is 12.2 Å². The number of carbonyl (C=O) groups excluding carboxylic acids is 2. The van der Waals surface area contributed by atoms with E-state index in [2.05, 4.69) is 4.74 Å². The normalized spacial score (nSPS) is 9.44. The Hall–Kier alpha value is -2.24. The fraction of sp³-hybridized carbons (Fsp3) is 0.333. The molecule has 0 N–H and O–H groups in total. The third-order valence-electron chi connectivity index (χ3n) is 1.85. The Labute approximate surface area is 105 Å². The number of ether oxygens (including phenoxy) is 2. The van der Waals surface area contributed by atoms with E-state index in [-0.39, 0.29) is 13.2 Å². The Kier molecular flexibility index (Phi) is 5.50. The molecule has 18 heavy (non-hydrogen) atoms. The summed E-state index contributed by atoms with van der Waals surface area (Å²) in [5.74, 6) is 0. The molecule has 0 aliphatic rings. The molecule has 0 saturated heterocycles. The summed E-state index contributed by atoms with van der Waals surface area (Å²) in [6, 6.07) is 8.40. The lowest BCUT2D eigenvalue weighted by atomic mass is 10.3. The van der Waals surface area contributed by atoms with E-state index in [4.69, 9.17) is 9.57 Å². The Bertz CT molecular complexity index is 393. The van der Waals surface area contributed by atoms with Crippen molar-refractivity contribution >= 4 is 17.9 Å². The van der Waals surface area contributed by atoms with Gasteiger partial charge in [0.05, 0.1) is 18.9 Å². The van der Waals surface area contributed by atoms with Gasteiger partial charge in [0, 0.05) is 0 Å². The molecule has 0 unspecified atom stereocenters. The van der Waals surface area contributed by atoms with Crippen molar-refractivity contribution in [2.45, 2.75) is 13.8 Å². The number of nitrogens with zero attached hydrogens (tertiary/aromatic N) is 1. The maximum Gasteiger partial charge on any atom is 0.533 e. The molecule has 0 fully saturated rings. The summed E-state index contributed by atoms with van der Waals surface area (Å²) in [4.78, 5) is 27.7. The van der Waals surface area contributed by atoms with E-state index in [1.54, 1.807) is 44.2 Å². The van der Waals surface area contributed by atoms with E-state index in [0.29, 0.717) is 5.69 Å². The van der Waals surface area contributed by atoms with Crippen LogP contribution in [-0.4, -0.2) is 25.5 Å². The molecule has 1 amide bonds. The van der Waals surface area contributed by atoms with Crippen LogP contribution in [0.25, 0.3) is 0 Å². The van der Waals surface area contributed by atoms with E-state index in [1.165, 1.54) is 0 Å². The molecule has 0 aliphatic heterocycles. The topological polar surface area (TPSA) is 65.1 Å². The predicted octanol–water partition coefficient (Wildman–Crippen LogP) is 2.74. The van der Waals surface area contributed by atoms with Gasteiger partial charge < -0.3 is 9.47 Å². The summed E-state index contributed by atoms with van der Waals surface area (Å²) < 4.78 is 9.40. The number of para-hydroxylation sites is 1. The molecule has 0 atom stereocenters. The van der Waals surface area contributed by atoms with E-state index in [9.17, 15) is 9.59 Å². The highest BCUT2D eigenvalue weighted by molar-refractivity contribution is 5.87. The van der Waals surface area contributed by atoms with Gasteiger partial charge in [-0.3, -0.25) is 4.84 Å². The minimum atomic E-state index is -0.964. The molecule has 6 nitrogen and oxygen atoms in total. The van der Waals surface area contributed by atoms with Crippen LogP contribution in [0.4, 0.5) is 15.3 Å². The van der Waals surface area contributed by atoms with Crippen LogP contribution >= 0.6 is 0 Å². The second-order valence-electron chi connectivity index (χ2n) is 3.10. The third kappa shape index (κ3) is 3.97. The fourth-order valence-electron chi connectivity index (χ4n) is 1.16. The van der Waals surface area contributed by atoms with Crippen LogP contribution in [0, 0.1) is 0 Å². The molecule has 0 bridgehead atoms. The Balaban J connectivity index is 2.82. The van der Waals surface area contributed by atoms with Gasteiger partial charge in [0.15, 0.2) is 0 Å². The van der Waals surface area contributed by atoms with Crippen molar-refractivity contribution in [2.75, 3.05) is 18.3 Å². The first-order valence-corrected chi connectivity index (χ1v) is 5.55. The molecule has 1 rings (SSSR count). The molecule has 1 aromatic carbocycles. The summed E-state index contributed by atoms with van der Waals surface area (Å²) in [6.45, 7) is 3.63. The monoisotopic (exact) mass is 253 g/mol. The molecule has 0 aliphatic carbocycles. The molecule has 1 aromatic rings. The third-order valence-corrected chi connectivity index (χ3v) is 1.85. The second-order valence-corrected chi connectivity index (χ2v) is 3.10. The highest BCUT2D eigenvalue weighted by Gasteiger charge is 2.22. The maximum atomic E-state index is 11.7. The van der Waals surface area contributed by atoms with E-state index >= 15 is 0 Å². The first-order valence-electron chi connectivity index (χ1n) is 5.55. The van der Waals surface area contributed by atoms with Gasteiger partial charge in [0.25, 0.3) is 0 Å². The Morgan fingerprint density at radius 3 is 2.22 bits per heavy atom. The number of carbonyl (C=O) groups is 2. The van der Waals surface area contributed by atoms with Gasteiger partial charge in [0.2, 0.25) is 0 Å². The van der Waals surface area contributed by atoms with Gasteiger partial charge >= 0.3 is 12.2 Å². The summed E-state index contributed by atoms with van der Waals surface area (Å²) in [6.07, 6.45) is -1.74. The average Bonchev–Trinajstić information content (AvgIpc) is 2.37. The molecule has 0 aromatic heterocycles. The van der Waals surface area contributed by atoms with Gasteiger partial charge in [-0.2, -0.15) is 0 Å². The van der Waals surface area contributed by atoms with Crippen molar-refractivity contribution in [3.63, 3.8) is 0 Å².